The Bertz CT molecular complexity index is 1220. The fourth-order valence-corrected chi connectivity index (χ4v) is 4.01. The molecule has 1 aromatic heterocycles. The molecule has 1 fully saturated rings. The van der Waals surface area contributed by atoms with Gasteiger partial charge >= 0.3 is 0 Å². The molecule has 34 heavy (non-hydrogen) atoms. The van der Waals surface area contributed by atoms with Crippen LogP contribution in [0.3, 0.4) is 0 Å². The summed E-state index contributed by atoms with van der Waals surface area (Å²) >= 11 is 0. The molecular weight excluding hydrogens is 432 g/mol. The van der Waals surface area contributed by atoms with Crippen LogP contribution in [0.15, 0.2) is 78.6 Å². The first-order valence-corrected chi connectivity index (χ1v) is 11.0. The minimum absolute atomic E-state index is 0.00557. The number of methoxy groups -OCH3 is 1. The lowest BCUT2D eigenvalue weighted by atomic mass is 9.95. The zero-order valence-electron chi connectivity index (χ0n) is 19.3. The Morgan fingerprint density at radius 2 is 1.74 bits per heavy atom. The largest absolute Gasteiger partial charge is 0.507 e. The molecule has 0 aliphatic carbocycles. The molecule has 2 aromatic carbocycles. The molecule has 7 nitrogen and oxygen atoms in total. The molecule has 1 atom stereocenters. The highest BCUT2D eigenvalue weighted by Crippen LogP contribution is 2.41. The van der Waals surface area contributed by atoms with Gasteiger partial charge in [0.1, 0.15) is 17.3 Å². The topological polar surface area (TPSA) is 89.0 Å². The van der Waals surface area contributed by atoms with E-state index in [1.54, 1.807) is 74.1 Å². The van der Waals surface area contributed by atoms with E-state index in [4.69, 9.17) is 9.47 Å². The third-order valence-electron chi connectivity index (χ3n) is 5.55. The zero-order chi connectivity index (χ0) is 24.2. The number of ether oxygens (including phenoxy) is 2. The molecule has 0 spiro atoms. The van der Waals surface area contributed by atoms with Crippen LogP contribution in [0.25, 0.3) is 5.76 Å². The molecule has 1 aliphatic heterocycles. The van der Waals surface area contributed by atoms with Crippen LogP contribution in [0.2, 0.25) is 0 Å². The van der Waals surface area contributed by atoms with Gasteiger partial charge in [-0.3, -0.25) is 14.6 Å². The van der Waals surface area contributed by atoms with Crippen LogP contribution < -0.4 is 9.47 Å². The second-order valence-corrected chi connectivity index (χ2v) is 8.25. The normalized spacial score (nSPS) is 17.3. The quantitative estimate of drug-likeness (QED) is 0.319. The number of aromatic nitrogens is 1. The third-order valence-corrected chi connectivity index (χ3v) is 5.55. The average Bonchev–Trinajstić information content (AvgIpc) is 3.09. The minimum atomic E-state index is -0.783. The van der Waals surface area contributed by atoms with Gasteiger partial charge in [-0.05, 0) is 73.5 Å². The highest BCUT2D eigenvalue weighted by Gasteiger charge is 2.46. The van der Waals surface area contributed by atoms with Gasteiger partial charge in [0.05, 0.1) is 24.8 Å². The van der Waals surface area contributed by atoms with Gasteiger partial charge < -0.3 is 19.5 Å². The van der Waals surface area contributed by atoms with Crippen molar-refractivity contribution in [3.05, 3.63) is 95.3 Å². The fraction of sp³-hybridized carbons (Fsp3) is 0.222. The van der Waals surface area contributed by atoms with Gasteiger partial charge in [-0.2, -0.15) is 0 Å². The van der Waals surface area contributed by atoms with Crippen molar-refractivity contribution < 1.29 is 24.2 Å². The molecule has 3 aromatic rings. The van der Waals surface area contributed by atoms with Crippen molar-refractivity contribution in [3.63, 3.8) is 0 Å². The molecule has 2 heterocycles. The molecule has 1 saturated heterocycles. The maximum Gasteiger partial charge on any atom is 0.295 e. The Balaban J connectivity index is 1.81. The van der Waals surface area contributed by atoms with E-state index >= 15 is 0 Å². The predicted molar refractivity (Wildman–Crippen MR) is 127 cm³/mol. The Hall–Kier alpha value is -4.13. The van der Waals surface area contributed by atoms with Crippen molar-refractivity contribution in [1.29, 1.82) is 0 Å². The summed E-state index contributed by atoms with van der Waals surface area (Å²) in [4.78, 5) is 31.8. The van der Waals surface area contributed by atoms with E-state index < -0.39 is 17.7 Å². The Kier molecular flexibility index (Phi) is 6.63. The van der Waals surface area contributed by atoms with Crippen LogP contribution in [0, 0.1) is 0 Å². The van der Waals surface area contributed by atoms with Gasteiger partial charge in [0.25, 0.3) is 11.7 Å². The predicted octanol–water partition coefficient (Wildman–Crippen LogP) is 4.50. The molecule has 0 saturated carbocycles. The lowest BCUT2D eigenvalue weighted by molar-refractivity contribution is -0.140. The molecule has 0 bridgehead atoms. The summed E-state index contributed by atoms with van der Waals surface area (Å²) in [6.45, 7) is 4.03. The number of benzene rings is 2. The van der Waals surface area contributed by atoms with E-state index in [2.05, 4.69) is 4.98 Å². The minimum Gasteiger partial charge on any atom is -0.507 e. The third kappa shape index (κ3) is 4.64. The summed E-state index contributed by atoms with van der Waals surface area (Å²) in [6.07, 6.45) is 3.27. The summed E-state index contributed by atoms with van der Waals surface area (Å²) in [5.74, 6) is -0.413. The van der Waals surface area contributed by atoms with Crippen molar-refractivity contribution in [2.45, 2.75) is 32.5 Å². The number of carbonyl (C=O) groups is 2. The van der Waals surface area contributed by atoms with Gasteiger partial charge in [-0.15, -0.1) is 0 Å². The van der Waals surface area contributed by atoms with Crippen LogP contribution in [0.5, 0.6) is 11.5 Å². The maximum atomic E-state index is 13.2. The van der Waals surface area contributed by atoms with Gasteiger partial charge in [0.2, 0.25) is 0 Å². The second kappa shape index (κ2) is 9.79. The number of nitrogens with zero attached hydrogens (tertiary/aromatic N) is 2. The lowest BCUT2D eigenvalue weighted by Gasteiger charge is -2.25. The van der Waals surface area contributed by atoms with E-state index in [0.29, 0.717) is 22.6 Å². The van der Waals surface area contributed by atoms with Crippen LogP contribution in [-0.2, 0) is 16.1 Å². The molecule has 1 N–H and O–H groups in total. The molecule has 1 aliphatic rings. The number of rotatable bonds is 7. The number of hydrogen-bond donors (Lipinski definition) is 1. The summed E-state index contributed by atoms with van der Waals surface area (Å²) in [5.41, 5.74) is 1.93. The average molecular weight is 459 g/mol. The van der Waals surface area contributed by atoms with Crippen LogP contribution in [-0.4, -0.2) is 39.9 Å². The Labute approximate surface area is 198 Å². The number of aliphatic hydroxyl groups excluding tert-OH is 1. The number of amides is 1. The highest BCUT2D eigenvalue weighted by molar-refractivity contribution is 6.46. The number of likely N-dealkylation sites (tertiary alicyclic amines) is 1. The lowest BCUT2D eigenvalue weighted by Crippen LogP contribution is -2.29. The summed E-state index contributed by atoms with van der Waals surface area (Å²) in [7, 11) is 1.55. The van der Waals surface area contributed by atoms with Gasteiger partial charge in [0.15, 0.2) is 0 Å². The van der Waals surface area contributed by atoms with E-state index in [1.807, 2.05) is 19.9 Å². The molecule has 4 rings (SSSR count). The molecule has 7 heteroatoms. The number of carbonyl (C=O) groups excluding carboxylic acids is 2. The first kappa shape index (κ1) is 23.0. The van der Waals surface area contributed by atoms with Crippen molar-refractivity contribution in [2.24, 2.45) is 0 Å². The fourth-order valence-electron chi connectivity index (χ4n) is 4.01. The van der Waals surface area contributed by atoms with Gasteiger partial charge in [0, 0.05) is 24.5 Å². The molecule has 0 radical (unpaired) electrons. The van der Waals surface area contributed by atoms with Crippen LogP contribution in [0.1, 0.15) is 36.6 Å². The van der Waals surface area contributed by atoms with E-state index in [9.17, 15) is 14.7 Å². The summed E-state index contributed by atoms with van der Waals surface area (Å²) in [5, 5.41) is 11.2. The standard InChI is InChI=1S/C27H26N2O5/c1-17(2)34-21-9-7-19(8-10-21)25(30)23-24(20-5-4-6-22(15-20)33-3)29(27(32)26(23)31)16-18-11-13-28-14-12-18/h4-15,17,24,30H,16H2,1-3H3/b25-23-. The molecule has 174 valence electrons. The van der Waals surface area contributed by atoms with Gasteiger partial charge in [-0.1, -0.05) is 12.1 Å². The second-order valence-electron chi connectivity index (χ2n) is 8.25. The summed E-state index contributed by atoms with van der Waals surface area (Å²) < 4.78 is 11.0. The molecular formula is C27H26N2O5. The van der Waals surface area contributed by atoms with Crippen molar-refractivity contribution in [1.82, 2.24) is 9.88 Å². The zero-order valence-corrected chi connectivity index (χ0v) is 19.3. The van der Waals surface area contributed by atoms with Crippen molar-refractivity contribution in [3.8, 4) is 11.5 Å². The Morgan fingerprint density at radius 1 is 1.03 bits per heavy atom. The first-order chi connectivity index (χ1) is 16.4. The number of aliphatic hydroxyl groups is 1. The maximum absolute atomic E-state index is 13.2. The molecule has 1 amide bonds. The van der Waals surface area contributed by atoms with E-state index in [0.717, 1.165) is 5.56 Å². The number of Topliss-reactive ketones (excluding diaryl/α,β-unsaturated/α-hetero) is 1. The van der Waals surface area contributed by atoms with E-state index in [-0.39, 0.29) is 24.0 Å². The first-order valence-electron chi connectivity index (χ1n) is 11.0. The smallest absolute Gasteiger partial charge is 0.295 e. The SMILES string of the molecule is COc1cccc(C2/C(=C(/O)c3ccc(OC(C)C)cc3)C(=O)C(=O)N2Cc2ccncc2)c1. The number of pyridine rings is 1. The molecule has 1 unspecified atom stereocenters. The Morgan fingerprint density at radius 3 is 2.38 bits per heavy atom. The van der Waals surface area contributed by atoms with Crippen LogP contribution in [0.4, 0.5) is 0 Å². The van der Waals surface area contributed by atoms with Gasteiger partial charge in [-0.25, -0.2) is 0 Å². The number of ketones is 1. The van der Waals surface area contributed by atoms with E-state index in [1.165, 1.54) is 4.90 Å². The monoisotopic (exact) mass is 458 g/mol. The number of hydrogen-bond acceptors (Lipinski definition) is 6. The van der Waals surface area contributed by atoms with Crippen molar-refractivity contribution >= 4 is 17.4 Å². The highest BCUT2D eigenvalue weighted by atomic mass is 16.5. The van der Waals surface area contributed by atoms with Crippen LogP contribution >= 0.6 is 0 Å². The summed E-state index contributed by atoms with van der Waals surface area (Å²) in [6, 6.07) is 16.7. The van der Waals surface area contributed by atoms with Crippen molar-refractivity contribution in [2.75, 3.05) is 7.11 Å².